The molecule has 2 nitrogen and oxygen atoms in total. The van der Waals surface area contributed by atoms with Gasteiger partial charge in [0.25, 0.3) is 0 Å². The smallest absolute Gasteiger partial charge is 0.131 e. The van der Waals surface area contributed by atoms with Gasteiger partial charge in [-0.15, -0.1) is 22.7 Å². The topological polar surface area (TPSA) is 24.9 Å². The van der Waals surface area contributed by atoms with Crippen molar-refractivity contribution in [2.45, 2.75) is 6.54 Å². The summed E-state index contributed by atoms with van der Waals surface area (Å²) in [5.74, 6) is 0. The van der Waals surface area contributed by atoms with Gasteiger partial charge in [-0.25, -0.2) is 4.98 Å². The largest absolute Gasteiger partial charge is 0.379 e. The highest BCUT2D eigenvalue weighted by atomic mass is 127. The molecule has 0 amide bonds. The van der Waals surface area contributed by atoms with Gasteiger partial charge in [-0.3, -0.25) is 0 Å². The van der Waals surface area contributed by atoms with Crippen molar-refractivity contribution in [3.05, 3.63) is 42.6 Å². The molecule has 3 rings (SSSR count). The Balaban J connectivity index is 1.95. The first-order chi connectivity index (χ1) is 8.74. The second-order valence-corrected chi connectivity index (χ2v) is 7.15. The number of hydrogen-bond acceptors (Lipinski definition) is 4. The fourth-order valence-electron chi connectivity index (χ4n) is 1.68. The first kappa shape index (κ1) is 12.7. The van der Waals surface area contributed by atoms with Crippen molar-refractivity contribution < 1.29 is 0 Å². The van der Waals surface area contributed by atoms with Gasteiger partial charge in [-0.1, -0.05) is 17.7 Å². The van der Waals surface area contributed by atoms with Crippen molar-refractivity contribution in [1.29, 1.82) is 0 Å². The Kier molecular flexibility index (Phi) is 3.74. The van der Waals surface area contributed by atoms with Gasteiger partial charge in [0.05, 0.1) is 19.5 Å². The molecule has 92 valence electrons. The fraction of sp³-hybridized carbons (Fsp3) is 0.0833. The molecule has 0 radical (unpaired) electrons. The van der Waals surface area contributed by atoms with Crippen LogP contribution in [0.25, 0.3) is 10.2 Å². The van der Waals surface area contributed by atoms with Crippen molar-refractivity contribution >= 4 is 72.8 Å². The maximum atomic E-state index is 6.07. The predicted molar refractivity (Wildman–Crippen MR) is 89.0 cm³/mol. The van der Waals surface area contributed by atoms with E-state index in [2.05, 4.69) is 55.8 Å². The number of thiophene rings is 2. The van der Waals surface area contributed by atoms with Crippen LogP contribution in [0.2, 0.25) is 5.15 Å². The van der Waals surface area contributed by atoms with E-state index >= 15 is 0 Å². The zero-order valence-electron chi connectivity index (χ0n) is 9.11. The lowest BCUT2D eigenvalue weighted by Crippen LogP contribution is -1.98. The third-order valence-corrected chi connectivity index (χ3v) is 5.80. The minimum Gasteiger partial charge on any atom is -0.379 e. The Morgan fingerprint density at radius 1 is 1.39 bits per heavy atom. The quantitative estimate of drug-likeness (QED) is 0.476. The van der Waals surface area contributed by atoms with Gasteiger partial charge in [0.2, 0.25) is 0 Å². The summed E-state index contributed by atoms with van der Waals surface area (Å²) in [6.07, 6.45) is 0. The maximum Gasteiger partial charge on any atom is 0.131 e. The molecule has 3 aromatic rings. The average molecular weight is 407 g/mol. The number of hydrogen-bond donors (Lipinski definition) is 1. The summed E-state index contributed by atoms with van der Waals surface area (Å²) in [4.78, 5) is 5.68. The molecule has 0 unspecified atom stereocenters. The first-order valence-electron chi connectivity index (χ1n) is 5.23. The van der Waals surface area contributed by atoms with Crippen LogP contribution < -0.4 is 5.32 Å². The molecule has 3 heterocycles. The molecule has 0 saturated heterocycles. The van der Waals surface area contributed by atoms with E-state index in [1.54, 1.807) is 22.7 Å². The minimum atomic E-state index is 0.535. The summed E-state index contributed by atoms with van der Waals surface area (Å²) in [7, 11) is 0. The van der Waals surface area contributed by atoms with Gasteiger partial charge in [0.15, 0.2) is 0 Å². The number of aromatic nitrogens is 1. The zero-order valence-corrected chi connectivity index (χ0v) is 13.7. The molecule has 3 aromatic heterocycles. The summed E-state index contributed by atoms with van der Waals surface area (Å²) in [5, 5.41) is 8.16. The van der Waals surface area contributed by atoms with Crippen LogP contribution in [0, 0.1) is 3.57 Å². The van der Waals surface area contributed by atoms with Gasteiger partial charge in [-0.05, 0) is 34.0 Å². The van der Waals surface area contributed by atoms with Crippen molar-refractivity contribution in [2.24, 2.45) is 0 Å². The van der Waals surface area contributed by atoms with Crippen LogP contribution in [0.4, 0.5) is 5.69 Å². The number of rotatable bonds is 3. The van der Waals surface area contributed by atoms with Gasteiger partial charge in [-0.2, -0.15) is 0 Å². The normalized spacial score (nSPS) is 11.0. The van der Waals surface area contributed by atoms with Crippen LogP contribution >= 0.6 is 56.9 Å². The van der Waals surface area contributed by atoms with E-state index in [0.717, 1.165) is 21.3 Å². The minimum absolute atomic E-state index is 0.535. The lowest BCUT2D eigenvalue weighted by atomic mass is 10.3. The van der Waals surface area contributed by atoms with E-state index < -0.39 is 0 Å². The summed E-state index contributed by atoms with van der Waals surface area (Å²) >= 11 is 11.8. The second-order valence-electron chi connectivity index (χ2n) is 3.69. The van der Waals surface area contributed by atoms with E-state index in [1.165, 1.54) is 9.58 Å². The zero-order chi connectivity index (χ0) is 12.5. The number of nitrogens with zero attached hydrogens (tertiary/aromatic N) is 1. The van der Waals surface area contributed by atoms with E-state index in [4.69, 9.17) is 11.6 Å². The fourth-order valence-corrected chi connectivity index (χ4v) is 4.33. The molecule has 0 bridgehead atoms. The standard InChI is InChI=1S/C12H8ClIN2S2/c13-10-4-9(15-5-7-2-1-3-17-7)12-11(16-10)8(14)6-18-12/h1-4,6H,5H2,(H,15,16). The van der Waals surface area contributed by atoms with Crippen molar-refractivity contribution in [2.75, 3.05) is 5.32 Å². The summed E-state index contributed by atoms with van der Waals surface area (Å²) in [6.45, 7) is 0.821. The van der Waals surface area contributed by atoms with Crippen LogP contribution in [-0.2, 0) is 6.54 Å². The van der Waals surface area contributed by atoms with E-state index in [1.807, 2.05) is 6.07 Å². The van der Waals surface area contributed by atoms with Crippen molar-refractivity contribution in [3.63, 3.8) is 0 Å². The van der Waals surface area contributed by atoms with Gasteiger partial charge < -0.3 is 5.32 Å². The highest BCUT2D eigenvalue weighted by molar-refractivity contribution is 14.1. The molecule has 0 saturated carbocycles. The number of fused-ring (bicyclic) bond motifs is 1. The van der Waals surface area contributed by atoms with Crippen LogP contribution in [0.3, 0.4) is 0 Å². The van der Waals surface area contributed by atoms with Crippen LogP contribution in [0.5, 0.6) is 0 Å². The molecule has 0 aliphatic carbocycles. The third kappa shape index (κ3) is 2.49. The Labute approximate surface area is 131 Å². The lowest BCUT2D eigenvalue weighted by molar-refractivity contribution is 1.20. The monoisotopic (exact) mass is 406 g/mol. The lowest BCUT2D eigenvalue weighted by Gasteiger charge is -2.06. The Morgan fingerprint density at radius 2 is 2.28 bits per heavy atom. The molecule has 6 heteroatoms. The Bertz CT molecular complexity index is 679. The molecular formula is C12H8ClIN2S2. The van der Waals surface area contributed by atoms with Crippen molar-refractivity contribution in [3.8, 4) is 0 Å². The van der Waals surface area contributed by atoms with Gasteiger partial charge in [0, 0.05) is 22.9 Å². The molecule has 0 atom stereocenters. The third-order valence-electron chi connectivity index (χ3n) is 2.48. The predicted octanol–water partition coefficient (Wildman–Crippen LogP) is 5.23. The van der Waals surface area contributed by atoms with E-state index in [0.29, 0.717) is 5.15 Å². The van der Waals surface area contributed by atoms with E-state index in [-0.39, 0.29) is 0 Å². The SMILES string of the molecule is Clc1cc(NCc2cccs2)c2scc(I)c2n1. The Hall–Kier alpha value is -0.370. The number of pyridine rings is 1. The maximum absolute atomic E-state index is 6.07. The average Bonchev–Trinajstić information content (AvgIpc) is 2.97. The molecule has 0 spiro atoms. The summed E-state index contributed by atoms with van der Waals surface area (Å²) in [6, 6.07) is 6.07. The molecule has 0 aliphatic heterocycles. The second kappa shape index (κ2) is 5.32. The molecule has 18 heavy (non-hydrogen) atoms. The molecular weight excluding hydrogens is 399 g/mol. The van der Waals surface area contributed by atoms with Crippen LogP contribution in [0.1, 0.15) is 4.88 Å². The van der Waals surface area contributed by atoms with E-state index in [9.17, 15) is 0 Å². The first-order valence-corrected chi connectivity index (χ1v) is 8.45. The molecule has 0 aromatic carbocycles. The van der Waals surface area contributed by atoms with Gasteiger partial charge in [0.1, 0.15) is 5.15 Å². The number of halogens is 2. The molecule has 0 aliphatic rings. The van der Waals surface area contributed by atoms with Crippen LogP contribution in [0.15, 0.2) is 29.0 Å². The van der Waals surface area contributed by atoms with Crippen LogP contribution in [-0.4, -0.2) is 4.98 Å². The van der Waals surface area contributed by atoms with Gasteiger partial charge >= 0.3 is 0 Å². The molecule has 0 fully saturated rings. The highest BCUT2D eigenvalue weighted by Crippen LogP contribution is 2.34. The number of anilines is 1. The highest BCUT2D eigenvalue weighted by Gasteiger charge is 2.09. The summed E-state index contributed by atoms with van der Waals surface area (Å²) in [5.41, 5.74) is 2.05. The number of nitrogens with one attached hydrogen (secondary N) is 1. The molecule has 1 N–H and O–H groups in total. The Morgan fingerprint density at radius 3 is 3.06 bits per heavy atom. The summed E-state index contributed by atoms with van der Waals surface area (Å²) < 4.78 is 2.31. The van der Waals surface area contributed by atoms with Crippen molar-refractivity contribution in [1.82, 2.24) is 4.98 Å².